The summed E-state index contributed by atoms with van der Waals surface area (Å²) in [5.41, 5.74) is -0.261. The summed E-state index contributed by atoms with van der Waals surface area (Å²) in [6.07, 6.45) is 1.30. The molecular formula is C11H13FO3S. The summed E-state index contributed by atoms with van der Waals surface area (Å²) in [6, 6.07) is 8.97. The van der Waals surface area contributed by atoms with Crippen molar-refractivity contribution in [2.75, 3.05) is 12.4 Å². The Kier molecular flexibility index (Phi) is 2.99. The first-order chi connectivity index (χ1) is 7.52. The highest BCUT2D eigenvalue weighted by Crippen LogP contribution is 2.37. The Hall–Kier alpha value is -0.940. The summed E-state index contributed by atoms with van der Waals surface area (Å²) >= 11 is 0. The second-order valence-corrected chi connectivity index (χ2v) is 5.36. The van der Waals surface area contributed by atoms with Crippen LogP contribution in [0.25, 0.3) is 0 Å². The molecule has 1 fully saturated rings. The molecule has 1 saturated heterocycles. The lowest BCUT2D eigenvalue weighted by Gasteiger charge is -2.26. The average Bonchev–Trinajstić information content (AvgIpc) is 2.66. The molecule has 88 valence electrons. The highest BCUT2D eigenvalue weighted by molar-refractivity contribution is 7.86. The van der Waals surface area contributed by atoms with Crippen molar-refractivity contribution in [1.82, 2.24) is 0 Å². The quantitative estimate of drug-likeness (QED) is 0.764. The predicted molar refractivity (Wildman–Crippen MR) is 58.2 cm³/mol. The summed E-state index contributed by atoms with van der Waals surface area (Å²) in [5, 5.41) is 0. The van der Waals surface area contributed by atoms with Crippen molar-refractivity contribution in [3.8, 4) is 0 Å². The fourth-order valence-electron chi connectivity index (χ4n) is 2.14. The van der Waals surface area contributed by atoms with Crippen molar-refractivity contribution in [2.45, 2.75) is 18.4 Å². The maximum atomic E-state index is 12.9. The molecule has 5 heteroatoms. The molecule has 1 aliphatic heterocycles. The smallest absolute Gasteiger partial charge is 0.305 e. The van der Waals surface area contributed by atoms with E-state index in [1.54, 1.807) is 24.3 Å². The van der Waals surface area contributed by atoms with Gasteiger partial charge in [-0.25, -0.2) is 0 Å². The Labute approximate surface area is 94.5 Å². The summed E-state index contributed by atoms with van der Waals surface area (Å²) < 4.78 is 40.0. The molecule has 0 saturated carbocycles. The Morgan fingerprint density at radius 3 is 2.50 bits per heavy atom. The van der Waals surface area contributed by atoms with Crippen LogP contribution in [0.5, 0.6) is 0 Å². The topological polar surface area (TPSA) is 43.4 Å². The van der Waals surface area contributed by atoms with E-state index >= 15 is 0 Å². The Bertz CT molecular complexity index is 449. The summed E-state index contributed by atoms with van der Waals surface area (Å²) in [5.74, 6) is -0.593. The van der Waals surface area contributed by atoms with E-state index in [1.807, 2.05) is 6.07 Å². The van der Waals surface area contributed by atoms with Crippen molar-refractivity contribution < 1.29 is 17.0 Å². The van der Waals surface area contributed by atoms with Gasteiger partial charge in [-0.3, -0.25) is 0 Å². The first kappa shape index (κ1) is 11.5. The van der Waals surface area contributed by atoms with E-state index in [0.717, 1.165) is 12.0 Å². The molecule has 0 amide bonds. The van der Waals surface area contributed by atoms with E-state index in [4.69, 9.17) is 4.74 Å². The largest absolute Gasteiger partial charge is 0.369 e. The van der Waals surface area contributed by atoms with Crippen LogP contribution in [0.3, 0.4) is 0 Å². The molecule has 0 bridgehead atoms. The van der Waals surface area contributed by atoms with Crippen LogP contribution in [0.2, 0.25) is 0 Å². The molecule has 0 aromatic heterocycles. The third kappa shape index (κ3) is 2.41. The summed E-state index contributed by atoms with van der Waals surface area (Å²) in [6.45, 7) is 0.477. The monoisotopic (exact) mass is 244 g/mol. The molecule has 16 heavy (non-hydrogen) atoms. The van der Waals surface area contributed by atoms with Crippen molar-refractivity contribution in [1.29, 1.82) is 0 Å². The van der Waals surface area contributed by atoms with Gasteiger partial charge in [0, 0.05) is 6.61 Å². The number of rotatable bonds is 3. The van der Waals surface area contributed by atoms with Gasteiger partial charge in [-0.05, 0) is 18.4 Å². The minimum atomic E-state index is -4.54. The molecule has 1 atom stereocenters. The Balaban J connectivity index is 2.37. The molecule has 2 rings (SSSR count). The van der Waals surface area contributed by atoms with Gasteiger partial charge < -0.3 is 4.74 Å². The molecule has 1 heterocycles. The fraction of sp³-hybridized carbons (Fsp3) is 0.455. The number of hydrogen-bond acceptors (Lipinski definition) is 3. The van der Waals surface area contributed by atoms with Crippen LogP contribution in [0.4, 0.5) is 3.89 Å². The third-order valence-electron chi connectivity index (χ3n) is 2.81. The zero-order valence-corrected chi connectivity index (χ0v) is 9.54. The van der Waals surface area contributed by atoms with Gasteiger partial charge in [0.05, 0.1) is 0 Å². The minimum Gasteiger partial charge on any atom is -0.369 e. The van der Waals surface area contributed by atoms with Gasteiger partial charge in [-0.1, -0.05) is 30.3 Å². The van der Waals surface area contributed by atoms with E-state index in [-0.39, 0.29) is 0 Å². The zero-order chi connectivity index (χ0) is 11.6. The molecule has 0 N–H and O–H groups in total. The van der Waals surface area contributed by atoms with E-state index in [1.165, 1.54) is 0 Å². The standard InChI is InChI=1S/C11H13FO3S/c12-16(13,14)9-11(7-4-8-15-11)10-5-2-1-3-6-10/h1-3,5-6H,4,7-9H2. The second kappa shape index (κ2) is 4.14. The Morgan fingerprint density at radius 2 is 2.00 bits per heavy atom. The normalized spacial score (nSPS) is 25.8. The van der Waals surface area contributed by atoms with Crippen LogP contribution < -0.4 is 0 Å². The van der Waals surface area contributed by atoms with Crippen LogP contribution in [0.15, 0.2) is 30.3 Å². The van der Waals surface area contributed by atoms with Crippen LogP contribution in [0, 0.1) is 0 Å². The molecule has 1 aliphatic rings. The lowest BCUT2D eigenvalue weighted by molar-refractivity contribution is 0.0191. The number of halogens is 1. The van der Waals surface area contributed by atoms with Crippen molar-refractivity contribution in [3.05, 3.63) is 35.9 Å². The van der Waals surface area contributed by atoms with Gasteiger partial charge in [0.2, 0.25) is 0 Å². The summed E-state index contributed by atoms with van der Waals surface area (Å²) in [4.78, 5) is 0. The molecule has 0 aliphatic carbocycles. The molecule has 1 aromatic rings. The highest BCUT2D eigenvalue weighted by atomic mass is 32.3. The van der Waals surface area contributed by atoms with Gasteiger partial charge >= 0.3 is 10.2 Å². The SMILES string of the molecule is O=S(=O)(F)CC1(c2ccccc2)CCCO1. The second-order valence-electron chi connectivity index (χ2n) is 4.00. The zero-order valence-electron chi connectivity index (χ0n) is 8.73. The van der Waals surface area contributed by atoms with Gasteiger partial charge in [-0.15, -0.1) is 3.89 Å². The van der Waals surface area contributed by atoms with Gasteiger partial charge in [0.15, 0.2) is 0 Å². The molecule has 1 aromatic carbocycles. The number of hydrogen-bond donors (Lipinski definition) is 0. The maximum Gasteiger partial charge on any atom is 0.305 e. The number of ether oxygens (including phenoxy) is 1. The van der Waals surface area contributed by atoms with Gasteiger partial charge in [-0.2, -0.15) is 8.42 Å². The molecular weight excluding hydrogens is 231 g/mol. The Morgan fingerprint density at radius 1 is 1.31 bits per heavy atom. The van der Waals surface area contributed by atoms with Crippen molar-refractivity contribution in [3.63, 3.8) is 0 Å². The van der Waals surface area contributed by atoms with Crippen LogP contribution in [-0.2, 0) is 20.6 Å². The van der Waals surface area contributed by atoms with E-state index < -0.39 is 21.6 Å². The lowest BCUT2D eigenvalue weighted by atomic mass is 9.93. The molecule has 0 spiro atoms. The number of benzene rings is 1. The summed E-state index contributed by atoms with van der Waals surface area (Å²) in [7, 11) is -4.54. The van der Waals surface area contributed by atoms with Crippen molar-refractivity contribution >= 4 is 10.2 Å². The van der Waals surface area contributed by atoms with Gasteiger partial charge in [0.1, 0.15) is 11.4 Å². The lowest BCUT2D eigenvalue weighted by Crippen LogP contribution is -2.32. The van der Waals surface area contributed by atoms with Gasteiger partial charge in [0.25, 0.3) is 0 Å². The van der Waals surface area contributed by atoms with Crippen LogP contribution >= 0.6 is 0 Å². The third-order valence-corrected chi connectivity index (χ3v) is 3.62. The molecule has 1 unspecified atom stereocenters. The highest BCUT2D eigenvalue weighted by Gasteiger charge is 2.41. The van der Waals surface area contributed by atoms with Crippen LogP contribution in [-0.4, -0.2) is 20.8 Å². The fourth-order valence-corrected chi connectivity index (χ4v) is 3.09. The predicted octanol–water partition coefficient (Wildman–Crippen LogP) is 1.99. The first-order valence-corrected chi connectivity index (χ1v) is 6.69. The van der Waals surface area contributed by atoms with E-state index in [2.05, 4.69) is 0 Å². The van der Waals surface area contributed by atoms with E-state index in [9.17, 15) is 12.3 Å². The first-order valence-electron chi connectivity index (χ1n) is 5.14. The molecule has 0 radical (unpaired) electrons. The minimum absolute atomic E-state index is 0.477. The van der Waals surface area contributed by atoms with Crippen LogP contribution in [0.1, 0.15) is 18.4 Å². The van der Waals surface area contributed by atoms with E-state index in [0.29, 0.717) is 13.0 Å². The van der Waals surface area contributed by atoms with Crippen molar-refractivity contribution in [2.24, 2.45) is 0 Å². The average molecular weight is 244 g/mol. The molecule has 3 nitrogen and oxygen atoms in total. The maximum absolute atomic E-state index is 12.9.